The van der Waals surface area contributed by atoms with Gasteiger partial charge in [0.2, 0.25) is 0 Å². The quantitative estimate of drug-likeness (QED) is 0.809. The lowest BCUT2D eigenvalue weighted by atomic mass is 9.97. The molecule has 3 rings (SSSR count). The molecule has 132 valence electrons. The van der Waals surface area contributed by atoms with Crippen molar-refractivity contribution in [3.8, 4) is 11.5 Å². The molecule has 0 unspecified atom stereocenters. The highest BCUT2D eigenvalue weighted by molar-refractivity contribution is 5.97. The molecule has 4 nitrogen and oxygen atoms in total. The number of benzene rings is 2. The van der Waals surface area contributed by atoms with E-state index in [0.29, 0.717) is 30.9 Å². The molecular weight excluding hydrogens is 321 g/mol. The maximum absolute atomic E-state index is 13.4. The number of rotatable bonds is 6. The number of hydrogen-bond donors (Lipinski definition) is 1. The molecule has 0 fully saturated rings. The van der Waals surface area contributed by atoms with Gasteiger partial charge < -0.3 is 14.8 Å². The Labute approximate surface area is 147 Å². The zero-order valence-electron chi connectivity index (χ0n) is 14.4. The van der Waals surface area contributed by atoms with Gasteiger partial charge in [-0.25, -0.2) is 4.39 Å². The number of fused-ring (bicyclic) bond motifs is 1. The molecule has 1 amide bonds. The van der Waals surface area contributed by atoms with Crippen molar-refractivity contribution in [2.75, 3.05) is 13.2 Å². The number of carbonyl (C=O) groups is 1. The summed E-state index contributed by atoms with van der Waals surface area (Å²) < 4.78 is 24.6. The zero-order chi connectivity index (χ0) is 17.8. The van der Waals surface area contributed by atoms with Crippen molar-refractivity contribution in [2.24, 2.45) is 0 Å². The lowest BCUT2D eigenvalue weighted by Gasteiger charge is -2.10. The fourth-order valence-corrected chi connectivity index (χ4v) is 2.88. The predicted molar refractivity (Wildman–Crippen MR) is 93.8 cm³/mol. The average molecular weight is 343 g/mol. The van der Waals surface area contributed by atoms with Gasteiger partial charge in [-0.05, 0) is 31.5 Å². The van der Waals surface area contributed by atoms with Gasteiger partial charge in [-0.3, -0.25) is 4.79 Å². The van der Waals surface area contributed by atoms with Crippen molar-refractivity contribution in [3.05, 3.63) is 59.4 Å². The summed E-state index contributed by atoms with van der Waals surface area (Å²) in [5.74, 6) is 0.640. The van der Waals surface area contributed by atoms with Crippen molar-refractivity contribution >= 4 is 5.91 Å². The molecule has 25 heavy (non-hydrogen) atoms. The van der Waals surface area contributed by atoms with Crippen LogP contribution < -0.4 is 14.8 Å². The molecule has 0 saturated carbocycles. The molecule has 0 radical (unpaired) electrons. The van der Waals surface area contributed by atoms with Crippen LogP contribution >= 0.6 is 0 Å². The summed E-state index contributed by atoms with van der Waals surface area (Å²) in [6.07, 6.45) is 0.654. The molecule has 1 heterocycles. The second-order valence-corrected chi connectivity index (χ2v) is 6.22. The minimum atomic E-state index is -0.383. The van der Waals surface area contributed by atoms with E-state index in [-0.39, 0.29) is 29.5 Å². The van der Waals surface area contributed by atoms with Gasteiger partial charge in [0, 0.05) is 18.0 Å². The molecule has 1 aliphatic rings. The number of carbonyl (C=O) groups excluding carboxylic acids is 1. The van der Waals surface area contributed by atoms with E-state index in [9.17, 15) is 9.18 Å². The normalized spacial score (nSPS) is 18.4. The van der Waals surface area contributed by atoms with Gasteiger partial charge in [-0.1, -0.05) is 31.2 Å². The van der Waals surface area contributed by atoms with Crippen LogP contribution in [0.1, 0.15) is 42.1 Å². The van der Waals surface area contributed by atoms with E-state index >= 15 is 0 Å². The summed E-state index contributed by atoms with van der Waals surface area (Å²) in [4.78, 5) is 12.4. The largest absolute Gasteiger partial charge is 0.490 e. The smallest absolute Gasteiger partial charge is 0.255 e. The summed E-state index contributed by atoms with van der Waals surface area (Å²) in [6, 6.07) is 11.9. The molecule has 1 aliphatic heterocycles. The molecule has 2 atom stereocenters. The number of halogens is 1. The van der Waals surface area contributed by atoms with E-state index in [2.05, 4.69) is 12.2 Å². The van der Waals surface area contributed by atoms with Crippen LogP contribution in [0.4, 0.5) is 4.39 Å². The van der Waals surface area contributed by atoms with E-state index in [0.717, 1.165) is 5.56 Å². The Kier molecular flexibility index (Phi) is 5.22. The summed E-state index contributed by atoms with van der Waals surface area (Å²) in [7, 11) is 0. The van der Waals surface area contributed by atoms with Gasteiger partial charge in [0.05, 0.1) is 12.2 Å². The minimum absolute atomic E-state index is 0.0677. The second-order valence-electron chi connectivity index (χ2n) is 6.22. The third-order valence-electron chi connectivity index (χ3n) is 4.49. The first-order chi connectivity index (χ1) is 12.1. The number of hydrogen-bond acceptors (Lipinski definition) is 3. The molecule has 1 N–H and O–H groups in total. The molecule has 0 saturated heterocycles. The van der Waals surface area contributed by atoms with Gasteiger partial charge in [-0.2, -0.15) is 0 Å². The molecule has 2 aromatic carbocycles. The van der Waals surface area contributed by atoms with Crippen molar-refractivity contribution in [1.82, 2.24) is 5.32 Å². The highest BCUT2D eigenvalue weighted by Crippen LogP contribution is 2.40. The second kappa shape index (κ2) is 7.55. The first kappa shape index (κ1) is 17.3. The average Bonchev–Trinajstić information content (AvgIpc) is 2.90. The lowest BCUT2D eigenvalue weighted by Crippen LogP contribution is -2.26. The predicted octanol–water partition coefficient (Wildman–Crippen LogP) is 3.91. The molecule has 2 aromatic rings. The molecule has 0 spiro atoms. The van der Waals surface area contributed by atoms with Crippen LogP contribution in [-0.2, 0) is 0 Å². The van der Waals surface area contributed by atoms with E-state index < -0.39 is 0 Å². The van der Waals surface area contributed by atoms with Crippen LogP contribution in [0.3, 0.4) is 0 Å². The summed E-state index contributed by atoms with van der Waals surface area (Å²) in [5.41, 5.74) is 1.63. The zero-order valence-corrected chi connectivity index (χ0v) is 14.4. The maximum atomic E-state index is 13.4. The Bertz CT molecular complexity index is 762. The summed E-state index contributed by atoms with van der Waals surface area (Å²) in [5, 5.41) is 2.87. The van der Waals surface area contributed by atoms with E-state index in [4.69, 9.17) is 9.47 Å². The van der Waals surface area contributed by atoms with Gasteiger partial charge in [0.25, 0.3) is 5.91 Å². The summed E-state index contributed by atoms with van der Waals surface area (Å²) >= 11 is 0. The minimum Gasteiger partial charge on any atom is -0.490 e. The van der Waals surface area contributed by atoms with Crippen LogP contribution in [0, 0.1) is 5.82 Å². The monoisotopic (exact) mass is 343 g/mol. The Hall–Kier alpha value is -2.56. The molecule has 0 aliphatic carbocycles. The van der Waals surface area contributed by atoms with Crippen molar-refractivity contribution < 1.29 is 18.7 Å². The third kappa shape index (κ3) is 3.76. The molecule has 0 bridgehead atoms. The Balaban J connectivity index is 1.50. The van der Waals surface area contributed by atoms with E-state index in [1.54, 1.807) is 24.3 Å². The number of nitrogens with one attached hydrogen (secondary N) is 1. The maximum Gasteiger partial charge on any atom is 0.255 e. The molecular formula is C20H22FNO3. The molecule has 5 heteroatoms. The van der Waals surface area contributed by atoms with Crippen LogP contribution in [0.25, 0.3) is 0 Å². The van der Waals surface area contributed by atoms with Crippen LogP contribution in [0.5, 0.6) is 11.5 Å². The topological polar surface area (TPSA) is 47.6 Å². The van der Waals surface area contributed by atoms with Gasteiger partial charge >= 0.3 is 0 Å². The van der Waals surface area contributed by atoms with E-state index in [1.807, 2.05) is 19.1 Å². The van der Waals surface area contributed by atoms with Crippen LogP contribution in [0.2, 0.25) is 0 Å². The standard InChI is InChI=1S/C20H22FNO3/c1-13-14(2)25-19-15(13)7-5-8-16(19)20(23)22-11-6-12-24-18-10-4-3-9-17(18)21/h3-5,7-10,13-14H,6,11-12H2,1-2H3,(H,22,23)/t13-,14+/m0/s1. The lowest BCUT2D eigenvalue weighted by molar-refractivity contribution is 0.0946. The van der Waals surface area contributed by atoms with Gasteiger partial charge in [0.1, 0.15) is 11.9 Å². The van der Waals surface area contributed by atoms with Crippen LogP contribution in [0.15, 0.2) is 42.5 Å². The molecule has 0 aromatic heterocycles. The highest BCUT2D eigenvalue weighted by atomic mass is 19.1. The SMILES string of the molecule is C[C@@H]1c2cccc(C(=O)NCCCOc3ccccc3F)c2O[C@@H]1C. The third-order valence-corrected chi connectivity index (χ3v) is 4.49. The first-order valence-electron chi connectivity index (χ1n) is 8.53. The Morgan fingerprint density at radius 1 is 1.20 bits per heavy atom. The van der Waals surface area contributed by atoms with Crippen molar-refractivity contribution in [2.45, 2.75) is 32.3 Å². The Morgan fingerprint density at radius 3 is 2.80 bits per heavy atom. The van der Waals surface area contributed by atoms with Crippen molar-refractivity contribution in [1.29, 1.82) is 0 Å². The highest BCUT2D eigenvalue weighted by Gasteiger charge is 2.30. The number of ether oxygens (including phenoxy) is 2. The Morgan fingerprint density at radius 2 is 2.00 bits per heavy atom. The van der Waals surface area contributed by atoms with Crippen LogP contribution in [-0.4, -0.2) is 25.2 Å². The fourth-order valence-electron chi connectivity index (χ4n) is 2.88. The fraction of sp³-hybridized carbons (Fsp3) is 0.350. The van der Waals surface area contributed by atoms with Gasteiger partial charge in [-0.15, -0.1) is 0 Å². The first-order valence-corrected chi connectivity index (χ1v) is 8.53. The summed E-state index contributed by atoms with van der Waals surface area (Å²) in [6.45, 7) is 4.88. The van der Waals surface area contributed by atoms with E-state index in [1.165, 1.54) is 6.07 Å². The number of para-hydroxylation sites is 2. The van der Waals surface area contributed by atoms with Gasteiger partial charge in [0.15, 0.2) is 11.6 Å². The van der Waals surface area contributed by atoms with Crippen molar-refractivity contribution in [3.63, 3.8) is 0 Å². The number of amides is 1.